The highest BCUT2D eigenvalue weighted by Crippen LogP contribution is 2.41. The lowest BCUT2D eigenvalue weighted by atomic mass is 9.72. The van der Waals surface area contributed by atoms with Crippen LogP contribution < -0.4 is 10.1 Å². The van der Waals surface area contributed by atoms with Crippen LogP contribution in [0.25, 0.3) is 0 Å². The van der Waals surface area contributed by atoms with Crippen LogP contribution in [0.15, 0.2) is 24.3 Å². The molecule has 1 saturated carbocycles. The number of piperazine rings is 1. The zero-order valence-corrected chi connectivity index (χ0v) is 19.1. The summed E-state index contributed by atoms with van der Waals surface area (Å²) in [7, 11) is 0. The molecule has 4 nitrogen and oxygen atoms in total. The Morgan fingerprint density at radius 1 is 1.13 bits per heavy atom. The third-order valence-electron chi connectivity index (χ3n) is 5.94. The fraction of sp³-hybridized carbons (Fsp3) is 0.714. The van der Waals surface area contributed by atoms with Crippen molar-refractivity contribution in [1.29, 1.82) is 0 Å². The third kappa shape index (κ3) is 7.45. The normalized spacial score (nSPS) is 25.5. The van der Waals surface area contributed by atoms with Gasteiger partial charge in [-0.25, -0.2) is 0 Å². The Kier molecular flexibility index (Phi) is 10.2. The summed E-state index contributed by atoms with van der Waals surface area (Å²) in [6.07, 6.45) is -0.383. The molecular formula is C21H33Cl2F3N2O2. The smallest absolute Gasteiger partial charge is 0.406 e. The van der Waals surface area contributed by atoms with E-state index in [-0.39, 0.29) is 36.5 Å². The fourth-order valence-electron chi connectivity index (χ4n) is 4.87. The highest BCUT2D eigenvalue weighted by molar-refractivity contribution is 5.85. The minimum atomic E-state index is -4.72. The van der Waals surface area contributed by atoms with Gasteiger partial charge in [0, 0.05) is 37.6 Å². The van der Waals surface area contributed by atoms with E-state index in [0.29, 0.717) is 37.0 Å². The van der Waals surface area contributed by atoms with Crippen LogP contribution in [0.2, 0.25) is 0 Å². The van der Waals surface area contributed by atoms with Gasteiger partial charge in [-0.1, -0.05) is 31.4 Å². The van der Waals surface area contributed by atoms with Crippen molar-refractivity contribution >= 4 is 24.8 Å². The van der Waals surface area contributed by atoms with Gasteiger partial charge in [0.25, 0.3) is 0 Å². The van der Waals surface area contributed by atoms with E-state index in [1.165, 1.54) is 12.1 Å². The van der Waals surface area contributed by atoms with Crippen molar-refractivity contribution in [1.82, 2.24) is 10.2 Å². The first-order valence-electron chi connectivity index (χ1n) is 10.2. The average Bonchev–Trinajstić information content (AvgIpc) is 2.58. The lowest BCUT2D eigenvalue weighted by Crippen LogP contribution is -2.56. The molecule has 9 heteroatoms. The number of alkyl halides is 3. The molecule has 2 fully saturated rings. The molecule has 1 saturated heterocycles. The summed E-state index contributed by atoms with van der Waals surface area (Å²) in [5.41, 5.74) is -0.183. The SMILES string of the molecule is C[C@@H]1CN(C[C@H](c2cccc(OC(F)(F)F)c2)C2(O)CCCCC2)C[C@H](C)N1.Cl.Cl. The van der Waals surface area contributed by atoms with Crippen molar-refractivity contribution in [2.24, 2.45) is 0 Å². The summed E-state index contributed by atoms with van der Waals surface area (Å²) in [6, 6.07) is 6.83. The molecule has 0 aromatic heterocycles. The highest BCUT2D eigenvalue weighted by atomic mass is 35.5. The summed E-state index contributed by atoms with van der Waals surface area (Å²) in [5, 5.41) is 15.0. The molecule has 30 heavy (non-hydrogen) atoms. The molecule has 1 aromatic rings. The lowest BCUT2D eigenvalue weighted by molar-refractivity contribution is -0.274. The van der Waals surface area contributed by atoms with E-state index < -0.39 is 12.0 Å². The second-order valence-corrected chi connectivity index (χ2v) is 8.52. The van der Waals surface area contributed by atoms with Crippen molar-refractivity contribution < 1.29 is 23.0 Å². The topological polar surface area (TPSA) is 44.7 Å². The summed E-state index contributed by atoms with van der Waals surface area (Å²) in [5.74, 6) is -0.474. The Balaban J connectivity index is 0.00000225. The van der Waals surface area contributed by atoms with Crippen molar-refractivity contribution in [2.75, 3.05) is 19.6 Å². The number of aliphatic hydroxyl groups is 1. The number of nitrogens with one attached hydrogen (secondary N) is 1. The molecule has 2 N–H and O–H groups in total. The standard InChI is InChI=1S/C21H31F3N2O2.2ClH/c1-15-12-26(13-16(2)25-15)14-19(20(27)9-4-3-5-10-20)17-7-6-8-18(11-17)28-21(22,23)24;;/h6-8,11,15-16,19,25,27H,3-5,9-10,12-14H2,1-2H3;2*1H/t15-,16+,19-;;/m1../s1. The lowest BCUT2D eigenvalue weighted by Gasteiger charge is -2.44. The van der Waals surface area contributed by atoms with Crippen LogP contribution in [-0.4, -0.2) is 53.7 Å². The first-order valence-corrected chi connectivity index (χ1v) is 10.2. The van der Waals surface area contributed by atoms with Crippen molar-refractivity contribution in [3.05, 3.63) is 29.8 Å². The maximum atomic E-state index is 12.7. The Morgan fingerprint density at radius 2 is 1.73 bits per heavy atom. The van der Waals surface area contributed by atoms with Crippen molar-refractivity contribution in [3.63, 3.8) is 0 Å². The Bertz CT molecular complexity index is 647. The van der Waals surface area contributed by atoms with E-state index in [4.69, 9.17) is 0 Å². The predicted molar refractivity (Wildman–Crippen MR) is 117 cm³/mol. The molecule has 3 rings (SSSR count). The zero-order valence-electron chi connectivity index (χ0n) is 17.5. The van der Waals surface area contributed by atoms with E-state index >= 15 is 0 Å². The second-order valence-electron chi connectivity index (χ2n) is 8.52. The number of nitrogens with zero attached hydrogens (tertiary/aromatic N) is 1. The van der Waals surface area contributed by atoms with E-state index in [9.17, 15) is 18.3 Å². The molecule has 1 aliphatic heterocycles. The Labute approximate surface area is 189 Å². The molecule has 2 aliphatic rings. The number of benzene rings is 1. The summed E-state index contributed by atoms with van der Waals surface area (Å²) < 4.78 is 42.2. The van der Waals surface area contributed by atoms with E-state index in [0.717, 1.165) is 32.4 Å². The van der Waals surface area contributed by atoms with Gasteiger partial charge in [-0.3, -0.25) is 4.90 Å². The van der Waals surface area contributed by atoms with Crippen LogP contribution in [0.1, 0.15) is 57.4 Å². The van der Waals surface area contributed by atoms with Crippen LogP contribution in [0.3, 0.4) is 0 Å². The number of hydrogen-bond donors (Lipinski definition) is 2. The van der Waals surface area contributed by atoms with Gasteiger partial charge in [-0.15, -0.1) is 38.0 Å². The van der Waals surface area contributed by atoms with Crippen LogP contribution >= 0.6 is 24.8 Å². The van der Waals surface area contributed by atoms with Gasteiger partial charge in [-0.2, -0.15) is 0 Å². The molecule has 174 valence electrons. The molecule has 1 heterocycles. The maximum absolute atomic E-state index is 12.7. The number of ether oxygens (including phenoxy) is 1. The number of rotatable bonds is 5. The molecule has 3 atom stereocenters. The molecule has 0 bridgehead atoms. The molecule has 1 aliphatic carbocycles. The summed E-state index contributed by atoms with van der Waals surface area (Å²) >= 11 is 0. The van der Waals surface area contributed by atoms with Gasteiger partial charge in [0.15, 0.2) is 0 Å². The fourth-order valence-corrected chi connectivity index (χ4v) is 4.87. The zero-order chi connectivity index (χ0) is 20.4. The van der Waals surface area contributed by atoms with Crippen molar-refractivity contribution in [3.8, 4) is 5.75 Å². The predicted octanol–water partition coefficient (Wildman–Crippen LogP) is 4.89. The van der Waals surface area contributed by atoms with Crippen molar-refractivity contribution in [2.45, 2.75) is 75.9 Å². The minimum absolute atomic E-state index is 0. The first-order chi connectivity index (χ1) is 13.1. The maximum Gasteiger partial charge on any atom is 0.573 e. The molecule has 0 radical (unpaired) electrons. The quantitative estimate of drug-likeness (QED) is 0.640. The summed E-state index contributed by atoms with van der Waals surface area (Å²) in [6.45, 7) is 6.60. The first kappa shape index (κ1) is 27.3. The third-order valence-corrected chi connectivity index (χ3v) is 5.94. The van der Waals surface area contributed by atoms with Gasteiger partial charge in [-0.05, 0) is 44.4 Å². The van der Waals surface area contributed by atoms with Gasteiger partial charge in [0.2, 0.25) is 0 Å². The van der Waals surface area contributed by atoms with Gasteiger partial charge < -0.3 is 15.2 Å². The second kappa shape index (κ2) is 11.2. The average molecular weight is 473 g/mol. The highest BCUT2D eigenvalue weighted by Gasteiger charge is 2.41. The van der Waals surface area contributed by atoms with Crippen LogP contribution in [0.5, 0.6) is 5.75 Å². The number of halogens is 5. The van der Waals surface area contributed by atoms with Gasteiger partial charge in [0.05, 0.1) is 5.60 Å². The largest absolute Gasteiger partial charge is 0.573 e. The van der Waals surface area contributed by atoms with Crippen LogP contribution in [0, 0.1) is 0 Å². The number of hydrogen-bond acceptors (Lipinski definition) is 4. The van der Waals surface area contributed by atoms with Gasteiger partial charge in [0.1, 0.15) is 5.75 Å². The molecule has 1 aromatic carbocycles. The molecule has 0 amide bonds. The minimum Gasteiger partial charge on any atom is -0.406 e. The van der Waals surface area contributed by atoms with Gasteiger partial charge >= 0.3 is 6.36 Å². The molecular weight excluding hydrogens is 440 g/mol. The Hall–Kier alpha value is -0.730. The van der Waals surface area contributed by atoms with Crippen LogP contribution in [-0.2, 0) is 0 Å². The van der Waals surface area contributed by atoms with E-state index in [1.807, 2.05) is 6.07 Å². The Morgan fingerprint density at radius 3 is 2.30 bits per heavy atom. The molecule has 0 spiro atoms. The van der Waals surface area contributed by atoms with E-state index in [1.54, 1.807) is 6.07 Å². The monoisotopic (exact) mass is 472 g/mol. The molecule has 0 unspecified atom stereocenters. The van der Waals surface area contributed by atoms with Crippen LogP contribution in [0.4, 0.5) is 13.2 Å². The van der Waals surface area contributed by atoms with E-state index in [2.05, 4.69) is 28.8 Å². The summed E-state index contributed by atoms with van der Waals surface area (Å²) in [4.78, 5) is 2.32.